The lowest BCUT2D eigenvalue weighted by Gasteiger charge is -2.33. The Balaban J connectivity index is 1.87. The smallest absolute Gasteiger partial charge is 0.276 e. The predicted octanol–water partition coefficient (Wildman–Crippen LogP) is 6.69. The number of para-hydroxylation sites is 1. The number of phenols is 1. The van der Waals surface area contributed by atoms with Crippen molar-refractivity contribution < 1.29 is 14.6 Å². The van der Waals surface area contributed by atoms with E-state index in [1.54, 1.807) is 4.90 Å². The Morgan fingerprint density at radius 1 is 0.914 bits per heavy atom. The lowest BCUT2D eigenvalue weighted by Crippen LogP contribution is -2.45. The number of aromatic hydroxyl groups is 1. The molecule has 2 aliphatic heterocycles. The van der Waals surface area contributed by atoms with E-state index in [1.807, 2.05) is 44.3 Å². The molecular weight excluding hydrogens is 434 g/mol. The van der Waals surface area contributed by atoms with Gasteiger partial charge in [0.15, 0.2) is 0 Å². The Morgan fingerprint density at radius 3 is 2.11 bits per heavy atom. The number of carbonyl (C=O) groups excluding carboxylic acids is 1. The van der Waals surface area contributed by atoms with Gasteiger partial charge in [0.1, 0.15) is 11.5 Å². The van der Waals surface area contributed by atoms with Crippen LogP contribution in [0.5, 0.6) is 11.5 Å². The SMILES string of the molecule is Cc1ccc2c(c1)[C@@]1(Oc3ccccc3[C@H]1c1cc(C(C)(C)C)c(O)c(C(C)(C)C)c1)C(=O)N2C. The van der Waals surface area contributed by atoms with Crippen molar-refractivity contribution in [3.05, 3.63) is 88.0 Å². The molecule has 0 fully saturated rings. The van der Waals surface area contributed by atoms with E-state index in [9.17, 15) is 9.90 Å². The minimum absolute atomic E-state index is 0.0676. The van der Waals surface area contributed by atoms with Crippen LogP contribution in [-0.4, -0.2) is 18.1 Å². The minimum Gasteiger partial charge on any atom is -0.507 e. The van der Waals surface area contributed by atoms with E-state index in [-0.39, 0.29) is 22.7 Å². The molecule has 4 nitrogen and oxygen atoms in total. The normalized spacial score (nSPS) is 21.3. The maximum absolute atomic E-state index is 14.1. The first-order valence-corrected chi connectivity index (χ1v) is 12.3. The second-order valence-corrected chi connectivity index (χ2v) is 12.2. The van der Waals surface area contributed by atoms with E-state index >= 15 is 0 Å². The molecule has 0 radical (unpaired) electrons. The second kappa shape index (κ2) is 7.36. The number of hydrogen-bond donors (Lipinski definition) is 1. The van der Waals surface area contributed by atoms with Gasteiger partial charge in [-0.05, 0) is 52.6 Å². The Morgan fingerprint density at radius 2 is 1.51 bits per heavy atom. The first kappa shape index (κ1) is 23.5. The number of rotatable bonds is 1. The van der Waals surface area contributed by atoms with Crippen LogP contribution in [0.3, 0.4) is 0 Å². The fourth-order valence-corrected chi connectivity index (χ4v) is 5.74. The van der Waals surface area contributed by atoms with Crippen molar-refractivity contribution in [3.8, 4) is 11.5 Å². The number of benzene rings is 3. The summed E-state index contributed by atoms with van der Waals surface area (Å²) in [5, 5.41) is 11.4. The average Bonchev–Trinajstić information content (AvgIpc) is 3.21. The van der Waals surface area contributed by atoms with Gasteiger partial charge in [0.05, 0.1) is 11.6 Å². The fourth-order valence-electron chi connectivity index (χ4n) is 5.74. The van der Waals surface area contributed by atoms with Gasteiger partial charge in [-0.15, -0.1) is 0 Å². The van der Waals surface area contributed by atoms with Gasteiger partial charge in [-0.25, -0.2) is 0 Å². The summed E-state index contributed by atoms with van der Waals surface area (Å²) in [6.45, 7) is 14.7. The summed E-state index contributed by atoms with van der Waals surface area (Å²) < 4.78 is 6.71. The van der Waals surface area contributed by atoms with E-state index in [1.165, 1.54) is 0 Å². The zero-order valence-corrected chi connectivity index (χ0v) is 22.0. The van der Waals surface area contributed by atoms with E-state index in [0.717, 1.165) is 44.8 Å². The molecule has 3 aromatic rings. The molecule has 1 amide bonds. The second-order valence-electron chi connectivity index (χ2n) is 12.2. The number of amides is 1. The maximum Gasteiger partial charge on any atom is 0.276 e. The Bertz CT molecular complexity index is 1320. The summed E-state index contributed by atoms with van der Waals surface area (Å²) in [6.07, 6.45) is 0. The van der Waals surface area contributed by atoms with Gasteiger partial charge in [-0.1, -0.05) is 83.5 Å². The van der Waals surface area contributed by atoms with E-state index in [2.05, 4.69) is 65.8 Å². The van der Waals surface area contributed by atoms with Crippen molar-refractivity contribution in [3.63, 3.8) is 0 Å². The van der Waals surface area contributed by atoms with Crippen LogP contribution < -0.4 is 9.64 Å². The highest BCUT2D eigenvalue weighted by Gasteiger charge is 2.62. The number of likely N-dealkylation sites (N-methyl/N-ethyl adjacent to an activating group) is 1. The molecule has 2 aliphatic rings. The van der Waals surface area contributed by atoms with Crippen molar-refractivity contribution >= 4 is 11.6 Å². The Kier molecular flexibility index (Phi) is 4.94. The number of fused-ring (bicyclic) bond motifs is 3. The summed E-state index contributed by atoms with van der Waals surface area (Å²) in [5.74, 6) is 0.652. The van der Waals surface area contributed by atoms with Crippen molar-refractivity contribution in [1.29, 1.82) is 0 Å². The number of hydrogen-bond acceptors (Lipinski definition) is 3. The molecule has 0 bridgehead atoms. The van der Waals surface area contributed by atoms with Crippen molar-refractivity contribution in [1.82, 2.24) is 0 Å². The topological polar surface area (TPSA) is 49.8 Å². The van der Waals surface area contributed by atoms with Gasteiger partial charge >= 0.3 is 0 Å². The van der Waals surface area contributed by atoms with Gasteiger partial charge in [0, 0.05) is 18.2 Å². The monoisotopic (exact) mass is 469 g/mol. The lowest BCUT2D eigenvalue weighted by molar-refractivity contribution is -0.132. The fraction of sp³-hybridized carbons (Fsp3) is 0.387. The molecule has 0 aliphatic carbocycles. The molecule has 0 saturated heterocycles. The molecule has 0 unspecified atom stereocenters. The molecule has 4 heteroatoms. The summed E-state index contributed by atoms with van der Waals surface area (Å²) in [5.41, 5.74) is 4.84. The molecule has 1 spiro atoms. The number of phenolic OH excluding ortho intramolecular Hbond substituents is 1. The van der Waals surface area contributed by atoms with Crippen LogP contribution in [0.25, 0.3) is 0 Å². The Hall–Kier alpha value is -3.27. The van der Waals surface area contributed by atoms with E-state index in [0.29, 0.717) is 5.75 Å². The minimum atomic E-state index is -1.19. The number of ether oxygens (including phenoxy) is 1. The third kappa shape index (κ3) is 3.30. The van der Waals surface area contributed by atoms with Crippen LogP contribution >= 0.6 is 0 Å². The largest absolute Gasteiger partial charge is 0.507 e. The van der Waals surface area contributed by atoms with Gasteiger partial charge in [-0.3, -0.25) is 4.79 Å². The molecule has 2 atom stereocenters. The molecule has 2 heterocycles. The summed E-state index contributed by atoms with van der Waals surface area (Å²) >= 11 is 0. The molecule has 5 rings (SSSR count). The Labute approximate surface area is 208 Å². The first-order valence-electron chi connectivity index (χ1n) is 12.3. The zero-order chi connectivity index (χ0) is 25.5. The molecule has 3 aromatic carbocycles. The molecule has 1 N–H and O–H groups in total. The molecule has 182 valence electrons. The molecule has 0 aromatic heterocycles. The van der Waals surface area contributed by atoms with Crippen molar-refractivity contribution in [2.24, 2.45) is 0 Å². The van der Waals surface area contributed by atoms with Gasteiger partial charge in [0.25, 0.3) is 5.91 Å². The molecule has 35 heavy (non-hydrogen) atoms. The van der Waals surface area contributed by atoms with Crippen molar-refractivity contribution in [2.45, 2.75) is 70.8 Å². The van der Waals surface area contributed by atoms with Crippen molar-refractivity contribution in [2.75, 3.05) is 11.9 Å². The van der Waals surface area contributed by atoms with E-state index in [4.69, 9.17) is 4.74 Å². The zero-order valence-electron chi connectivity index (χ0n) is 22.0. The highest BCUT2D eigenvalue weighted by molar-refractivity contribution is 6.08. The number of aryl methyl sites for hydroxylation is 1. The summed E-state index contributed by atoms with van der Waals surface area (Å²) in [6, 6.07) is 18.3. The van der Waals surface area contributed by atoms with Crippen LogP contribution in [-0.2, 0) is 21.2 Å². The highest BCUT2D eigenvalue weighted by Crippen LogP contribution is 2.59. The first-order chi connectivity index (χ1) is 16.3. The maximum atomic E-state index is 14.1. The van der Waals surface area contributed by atoms with E-state index < -0.39 is 5.60 Å². The molecular formula is C31H35NO3. The van der Waals surface area contributed by atoms with Crippen LogP contribution in [0.4, 0.5) is 5.69 Å². The lowest BCUT2D eigenvalue weighted by atomic mass is 9.71. The molecule has 0 saturated carbocycles. The number of carbonyl (C=O) groups is 1. The highest BCUT2D eigenvalue weighted by atomic mass is 16.5. The van der Waals surface area contributed by atoms with Crippen LogP contribution in [0, 0.1) is 6.92 Å². The quantitative estimate of drug-likeness (QED) is 0.432. The standard InChI is InChI=1S/C31H35NO3/c1-18-13-14-24-21(15-18)31(28(34)32(24)8)26(20-11-9-10-12-25(20)35-31)19-16-22(29(2,3)4)27(33)23(17-19)30(5,6)7/h9-17,26,33H,1-8H3/t26-,31+/m1/s1. The summed E-state index contributed by atoms with van der Waals surface area (Å²) in [7, 11) is 1.83. The van der Waals surface area contributed by atoms with Gasteiger partial charge in [-0.2, -0.15) is 0 Å². The van der Waals surface area contributed by atoms with Gasteiger partial charge < -0.3 is 14.7 Å². The van der Waals surface area contributed by atoms with Crippen LogP contribution in [0.2, 0.25) is 0 Å². The number of anilines is 1. The average molecular weight is 470 g/mol. The van der Waals surface area contributed by atoms with Gasteiger partial charge in [0.2, 0.25) is 5.60 Å². The summed E-state index contributed by atoms with van der Waals surface area (Å²) in [4.78, 5) is 15.9. The van der Waals surface area contributed by atoms with Crippen LogP contribution in [0.1, 0.15) is 80.8 Å². The predicted molar refractivity (Wildman–Crippen MR) is 141 cm³/mol. The number of nitrogens with zero attached hydrogens (tertiary/aromatic N) is 1. The third-order valence-corrected chi connectivity index (χ3v) is 7.52. The third-order valence-electron chi connectivity index (χ3n) is 7.52. The van der Waals surface area contributed by atoms with Crippen LogP contribution in [0.15, 0.2) is 54.6 Å².